The average Bonchev–Trinajstić information content (AvgIpc) is 2.64. The fourth-order valence-electron chi connectivity index (χ4n) is 1.80. The molecule has 0 bridgehead atoms. The number of carboxylic acid groups (broad SMARTS) is 2. The molecule has 0 aliphatic heterocycles. The molecule has 150 valence electrons. The Morgan fingerprint density at radius 2 is 1.32 bits per heavy atom. The fourth-order valence-corrected chi connectivity index (χ4v) is 1.80. The van der Waals surface area contributed by atoms with E-state index in [1.807, 2.05) is 0 Å². The van der Waals surface area contributed by atoms with Crippen LogP contribution in [0.5, 0.6) is 0 Å². The predicted octanol–water partition coefficient (Wildman–Crippen LogP) is 2.36. The number of aliphatic carboxylic acids is 2. The molecule has 8 nitrogen and oxygen atoms in total. The summed E-state index contributed by atoms with van der Waals surface area (Å²) < 4.78 is 9.56. The van der Waals surface area contributed by atoms with E-state index >= 15 is 0 Å². The zero-order chi connectivity index (χ0) is 21.7. The van der Waals surface area contributed by atoms with Crippen LogP contribution in [0.2, 0.25) is 0 Å². The van der Waals surface area contributed by atoms with E-state index in [4.69, 9.17) is 9.47 Å². The predicted molar refractivity (Wildman–Crippen MR) is 101 cm³/mol. The van der Waals surface area contributed by atoms with Crippen molar-refractivity contribution in [3.8, 4) is 0 Å². The second-order valence-electron chi connectivity index (χ2n) is 5.02. The van der Waals surface area contributed by atoms with Crippen LogP contribution in [-0.4, -0.2) is 46.3 Å². The molecular weight excluding hydrogens is 368 g/mol. The molecule has 0 amide bonds. The van der Waals surface area contributed by atoms with Gasteiger partial charge in [0.15, 0.2) is 0 Å². The van der Waals surface area contributed by atoms with Crippen molar-refractivity contribution in [2.45, 2.75) is 26.1 Å². The van der Waals surface area contributed by atoms with Gasteiger partial charge in [0.05, 0.1) is 11.1 Å². The Labute approximate surface area is 162 Å². The molecule has 28 heavy (non-hydrogen) atoms. The minimum Gasteiger partial charge on any atom is -0.478 e. The molecule has 2 atom stereocenters. The van der Waals surface area contributed by atoms with E-state index in [1.54, 1.807) is 6.92 Å². The molecule has 0 aromatic carbocycles. The van der Waals surface area contributed by atoms with Crippen LogP contribution in [0.3, 0.4) is 0 Å². The molecule has 0 heterocycles. The van der Waals surface area contributed by atoms with Crippen LogP contribution < -0.4 is 0 Å². The number of ether oxygens (including phenoxy) is 2. The third-order valence-electron chi connectivity index (χ3n) is 3.07. The topological polar surface area (TPSA) is 127 Å². The second kappa shape index (κ2) is 12.6. The third-order valence-corrected chi connectivity index (χ3v) is 3.07. The lowest BCUT2D eigenvalue weighted by atomic mass is 10.1. The minimum atomic E-state index is -2.27. The number of carboxylic acids is 2. The fraction of sp³-hybridized carbons (Fsp3) is 0.200. The van der Waals surface area contributed by atoms with Gasteiger partial charge in [-0.2, -0.15) is 0 Å². The molecule has 0 spiro atoms. The van der Waals surface area contributed by atoms with Crippen molar-refractivity contribution in [3.63, 3.8) is 0 Å². The van der Waals surface area contributed by atoms with E-state index in [1.165, 1.54) is 55.5 Å². The Kier molecular flexibility index (Phi) is 11.0. The molecule has 0 aliphatic carbocycles. The van der Waals surface area contributed by atoms with Crippen molar-refractivity contribution in [1.82, 2.24) is 0 Å². The summed E-state index contributed by atoms with van der Waals surface area (Å²) in [5.41, 5.74) is -0.106. The highest BCUT2D eigenvalue weighted by Crippen LogP contribution is 2.13. The first kappa shape index (κ1) is 24.3. The van der Waals surface area contributed by atoms with Gasteiger partial charge in [-0.25, -0.2) is 19.2 Å². The van der Waals surface area contributed by atoms with Gasteiger partial charge in [-0.3, -0.25) is 0 Å². The average molecular weight is 390 g/mol. The largest absolute Gasteiger partial charge is 0.478 e. The first-order valence-corrected chi connectivity index (χ1v) is 8.01. The number of rotatable bonds is 11. The zero-order valence-corrected chi connectivity index (χ0v) is 15.5. The number of hydrogen-bond donors (Lipinski definition) is 2. The Balaban J connectivity index is 5.75. The highest BCUT2D eigenvalue weighted by Gasteiger charge is 2.41. The van der Waals surface area contributed by atoms with E-state index in [9.17, 15) is 29.4 Å². The highest BCUT2D eigenvalue weighted by atomic mass is 16.6. The Bertz CT molecular complexity index is 752. The summed E-state index contributed by atoms with van der Waals surface area (Å²) in [6, 6.07) is 0. The van der Waals surface area contributed by atoms with E-state index in [0.29, 0.717) is 0 Å². The van der Waals surface area contributed by atoms with Gasteiger partial charge in [0.2, 0.25) is 12.2 Å². The van der Waals surface area contributed by atoms with Crippen LogP contribution in [0.4, 0.5) is 0 Å². The van der Waals surface area contributed by atoms with Gasteiger partial charge in [0, 0.05) is 0 Å². The molecule has 0 saturated carbocycles. The lowest BCUT2D eigenvalue weighted by molar-refractivity contribution is -0.184. The van der Waals surface area contributed by atoms with Gasteiger partial charge in [0.1, 0.15) is 0 Å². The van der Waals surface area contributed by atoms with Gasteiger partial charge in [-0.05, 0) is 26.0 Å². The van der Waals surface area contributed by atoms with Crippen molar-refractivity contribution >= 4 is 23.9 Å². The molecule has 0 radical (unpaired) electrons. The smallest absolute Gasteiger partial charge is 0.349 e. The van der Waals surface area contributed by atoms with Gasteiger partial charge in [0.25, 0.3) is 0 Å². The summed E-state index contributed by atoms with van der Waals surface area (Å²) in [5, 5.41) is 18.6. The van der Waals surface area contributed by atoms with Crippen molar-refractivity contribution < 1.29 is 38.9 Å². The minimum absolute atomic E-state index is 0.00498. The highest BCUT2D eigenvalue weighted by molar-refractivity contribution is 5.96. The van der Waals surface area contributed by atoms with Crippen LogP contribution in [0.25, 0.3) is 0 Å². The summed E-state index contributed by atoms with van der Waals surface area (Å²) in [5.74, 6) is -5.82. The van der Waals surface area contributed by atoms with Gasteiger partial charge < -0.3 is 19.7 Å². The van der Waals surface area contributed by atoms with E-state index in [0.717, 1.165) is 0 Å². The van der Waals surface area contributed by atoms with Crippen LogP contribution in [-0.2, 0) is 28.7 Å². The van der Waals surface area contributed by atoms with Crippen molar-refractivity contribution in [2.75, 3.05) is 0 Å². The molecule has 0 aromatic rings. The van der Waals surface area contributed by atoms with E-state index in [2.05, 4.69) is 13.2 Å². The van der Waals surface area contributed by atoms with Crippen molar-refractivity contribution in [3.05, 3.63) is 72.9 Å². The number of hydrogen-bond acceptors (Lipinski definition) is 6. The zero-order valence-electron chi connectivity index (χ0n) is 15.5. The standard InChI is InChI=1S/C20H22O8/c1-5-9-12-14(11-7-3)20(26)28-16(18(23)24)15(17(21)22)27-19(25)13(8-4)10-6-2/h5-12,15-16H,1,3H2,2,4H3,(H,21,22)(H,23,24)/b10-6-,12-9-,13-8+,14-11+/t15-,16-/m0/s1. The lowest BCUT2D eigenvalue weighted by Gasteiger charge is -2.21. The van der Waals surface area contributed by atoms with Crippen LogP contribution >= 0.6 is 0 Å². The van der Waals surface area contributed by atoms with Crippen molar-refractivity contribution in [2.24, 2.45) is 0 Å². The van der Waals surface area contributed by atoms with Crippen LogP contribution in [0.1, 0.15) is 13.8 Å². The van der Waals surface area contributed by atoms with Crippen molar-refractivity contribution in [1.29, 1.82) is 0 Å². The molecule has 2 N–H and O–H groups in total. The maximum absolute atomic E-state index is 12.2. The maximum Gasteiger partial charge on any atom is 0.349 e. The van der Waals surface area contributed by atoms with E-state index in [-0.39, 0.29) is 11.1 Å². The summed E-state index contributed by atoms with van der Waals surface area (Å²) in [7, 11) is 0. The van der Waals surface area contributed by atoms with Gasteiger partial charge >= 0.3 is 23.9 Å². The third kappa shape index (κ3) is 7.69. The van der Waals surface area contributed by atoms with E-state index < -0.39 is 36.1 Å². The SMILES string of the molecule is C=C/C=C\C(=C/C=C)C(=O)O[C@H](C(=O)O)[C@H](OC(=O)C(/C=C\C)=C/C)C(=O)O. The first-order chi connectivity index (χ1) is 13.2. The first-order valence-electron chi connectivity index (χ1n) is 8.01. The molecule has 0 rings (SSSR count). The summed E-state index contributed by atoms with van der Waals surface area (Å²) in [6.45, 7) is 9.99. The van der Waals surface area contributed by atoms with Crippen LogP contribution in [0.15, 0.2) is 72.9 Å². The molecule has 0 aromatic heterocycles. The summed E-state index contributed by atoms with van der Waals surface area (Å²) >= 11 is 0. The molecule has 8 heteroatoms. The van der Waals surface area contributed by atoms with Gasteiger partial charge in [-0.15, -0.1) is 0 Å². The molecular formula is C20H22O8. The molecule has 0 unspecified atom stereocenters. The van der Waals surface area contributed by atoms with Gasteiger partial charge in [-0.1, -0.05) is 49.6 Å². The lowest BCUT2D eigenvalue weighted by Crippen LogP contribution is -2.46. The normalized spacial score (nSPS) is 14.4. The second-order valence-corrected chi connectivity index (χ2v) is 5.02. The molecule has 0 aliphatic rings. The summed E-state index contributed by atoms with van der Waals surface area (Å²) in [4.78, 5) is 47.3. The Morgan fingerprint density at radius 1 is 0.821 bits per heavy atom. The monoisotopic (exact) mass is 390 g/mol. The number of carbonyl (C=O) groups is 4. The quantitative estimate of drug-likeness (QED) is 0.313. The summed E-state index contributed by atoms with van der Waals surface area (Å²) in [6.07, 6.45) is 6.18. The Hall–Kier alpha value is -3.68. The number of carbonyl (C=O) groups excluding carboxylic acids is 2. The molecule has 0 fully saturated rings. The maximum atomic E-state index is 12.2. The number of allylic oxidation sites excluding steroid dienone is 6. The molecule has 0 saturated heterocycles. The number of esters is 2. The van der Waals surface area contributed by atoms with Crippen LogP contribution in [0, 0.1) is 0 Å². The Morgan fingerprint density at radius 3 is 1.68 bits per heavy atom.